The van der Waals surface area contributed by atoms with Crippen molar-refractivity contribution in [3.63, 3.8) is 0 Å². The Morgan fingerprint density at radius 1 is 0.583 bits per heavy atom. The molecular weight excluding hydrogens is 456 g/mol. The lowest BCUT2D eigenvalue weighted by molar-refractivity contribution is 0.0192. The molecule has 4 aromatic rings. The molecule has 0 spiro atoms. The van der Waals surface area contributed by atoms with Crippen molar-refractivity contribution in [3.8, 4) is 11.5 Å². The normalized spacial score (nSPS) is 11.0. The summed E-state index contributed by atoms with van der Waals surface area (Å²) in [5.74, 6) is -0.960. The highest BCUT2D eigenvalue weighted by atomic mass is 16.5. The summed E-state index contributed by atoms with van der Waals surface area (Å²) in [4.78, 5) is 22.5. The van der Waals surface area contributed by atoms with E-state index in [1.165, 1.54) is 24.3 Å². The number of hydrogen-bond donors (Lipinski definition) is 2. The van der Waals surface area contributed by atoms with E-state index in [0.717, 1.165) is 11.1 Å². The number of hydrogen-bond acceptors (Lipinski definition) is 4. The quantitative estimate of drug-likeness (QED) is 0.282. The highest BCUT2D eigenvalue weighted by molar-refractivity contribution is 5.88. The third kappa shape index (κ3) is 6.51. The summed E-state index contributed by atoms with van der Waals surface area (Å²) in [5, 5.41) is 18.4. The number of carboxylic acid groups (broad SMARTS) is 2. The van der Waals surface area contributed by atoms with Gasteiger partial charge in [0, 0.05) is 12.8 Å². The van der Waals surface area contributed by atoms with E-state index in [9.17, 15) is 19.8 Å². The van der Waals surface area contributed by atoms with E-state index in [1.54, 1.807) is 24.3 Å². The number of aromatic carboxylic acids is 2. The second kappa shape index (κ2) is 11.2. The average molecular weight is 483 g/mol. The van der Waals surface area contributed by atoms with Gasteiger partial charge in [-0.3, -0.25) is 0 Å². The van der Waals surface area contributed by atoms with Gasteiger partial charge in [-0.2, -0.15) is 0 Å². The summed E-state index contributed by atoms with van der Waals surface area (Å²) in [7, 11) is 0. The lowest BCUT2D eigenvalue weighted by Crippen LogP contribution is -2.46. The molecule has 4 aromatic carbocycles. The van der Waals surface area contributed by atoms with Crippen LogP contribution in [0.25, 0.3) is 0 Å². The molecule has 0 saturated heterocycles. The Morgan fingerprint density at radius 3 is 1.42 bits per heavy atom. The van der Waals surface area contributed by atoms with Crippen molar-refractivity contribution < 1.29 is 29.3 Å². The summed E-state index contributed by atoms with van der Waals surface area (Å²) in [6.45, 7) is 0.171. The molecular formula is C30H26O6. The van der Waals surface area contributed by atoms with Crippen LogP contribution in [0.2, 0.25) is 0 Å². The van der Waals surface area contributed by atoms with Gasteiger partial charge in [-0.25, -0.2) is 9.59 Å². The van der Waals surface area contributed by atoms with E-state index in [-0.39, 0.29) is 17.7 Å². The van der Waals surface area contributed by atoms with Crippen LogP contribution in [0.3, 0.4) is 0 Å². The Balaban J connectivity index is 1.69. The van der Waals surface area contributed by atoms with E-state index >= 15 is 0 Å². The second-order valence-corrected chi connectivity index (χ2v) is 8.56. The topological polar surface area (TPSA) is 93.1 Å². The van der Waals surface area contributed by atoms with Crippen LogP contribution in [0.5, 0.6) is 11.5 Å². The summed E-state index contributed by atoms with van der Waals surface area (Å²) < 4.78 is 12.8. The molecule has 6 nitrogen and oxygen atoms in total. The number of ether oxygens (including phenoxy) is 2. The summed E-state index contributed by atoms with van der Waals surface area (Å²) in [6, 6.07) is 32.5. The van der Waals surface area contributed by atoms with Crippen molar-refractivity contribution >= 4 is 11.9 Å². The molecule has 0 aliphatic carbocycles. The van der Waals surface area contributed by atoms with Gasteiger partial charge in [0.1, 0.15) is 18.1 Å². The van der Waals surface area contributed by atoms with Crippen LogP contribution in [0.4, 0.5) is 0 Å². The molecule has 0 heterocycles. The summed E-state index contributed by atoms with van der Waals surface area (Å²) in [5.41, 5.74) is 1.62. The Morgan fingerprint density at radius 2 is 1.00 bits per heavy atom. The average Bonchev–Trinajstić information content (AvgIpc) is 2.89. The second-order valence-electron chi connectivity index (χ2n) is 8.56. The molecule has 182 valence electrons. The number of benzene rings is 4. The minimum absolute atomic E-state index is 0.171. The molecule has 0 radical (unpaired) electrons. The Bertz CT molecular complexity index is 1240. The first kappa shape index (κ1) is 24.5. The van der Waals surface area contributed by atoms with Crippen LogP contribution in [0.15, 0.2) is 109 Å². The highest BCUT2D eigenvalue weighted by Gasteiger charge is 2.35. The molecule has 0 aliphatic heterocycles. The maximum absolute atomic E-state index is 11.3. The molecule has 0 fully saturated rings. The van der Waals surface area contributed by atoms with E-state index in [4.69, 9.17) is 9.47 Å². The van der Waals surface area contributed by atoms with Crippen molar-refractivity contribution in [2.24, 2.45) is 0 Å². The molecule has 0 aromatic heterocycles. The first-order valence-electron chi connectivity index (χ1n) is 11.5. The smallest absolute Gasteiger partial charge is 0.335 e. The molecule has 0 bridgehead atoms. The molecule has 2 N–H and O–H groups in total. The van der Waals surface area contributed by atoms with Gasteiger partial charge in [0.15, 0.2) is 5.60 Å². The summed E-state index contributed by atoms with van der Waals surface area (Å²) in [6.07, 6.45) is 1.05. The molecule has 0 unspecified atom stereocenters. The first-order chi connectivity index (χ1) is 17.4. The predicted octanol–water partition coefficient (Wildman–Crippen LogP) is 5.77. The van der Waals surface area contributed by atoms with Gasteiger partial charge in [-0.15, -0.1) is 0 Å². The van der Waals surface area contributed by atoms with Crippen LogP contribution in [0, 0.1) is 0 Å². The zero-order valence-electron chi connectivity index (χ0n) is 19.5. The maximum Gasteiger partial charge on any atom is 0.335 e. The van der Waals surface area contributed by atoms with Gasteiger partial charge in [0.2, 0.25) is 0 Å². The van der Waals surface area contributed by atoms with E-state index < -0.39 is 17.5 Å². The number of carbonyl (C=O) groups is 2. The minimum atomic E-state index is -1.01. The van der Waals surface area contributed by atoms with Crippen molar-refractivity contribution in [1.82, 2.24) is 0 Å². The minimum Gasteiger partial charge on any atom is -0.489 e. The third-order valence-corrected chi connectivity index (χ3v) is 5.78. The van der Waals surface area contributed by atoms with Gasteiger partial charge in [0.05, 0.1) is 11.1 Å². The summed E-state index contributed by atoms with van der Waals surface area (Å²) >= 11 is 0. The van der Waals surface area contributed by atoms with Gasteiger partial charge < -0.3 is 19.7 Å². The molecule has 0 atom stereocenters. The molecule has 36 heavy (non-hydrogen) atoms. The van der Waals surface area contributed by atoms with Crippen molar-refractivity contribution in [1.29, 1.82) is 0 Å². The molecule has 0 saturated carbocycles. The maximum atomic E-state index is 11.3. The number of rotatable bonds is 11. The SMILES string of the molecule is O=C(O)c1ccc(OCC(Cc2ccccc2)(Cc2ccccc2)Oc2ccc(C(=O)O)cc2)cc1. The monoisotopic (exact) mass is 482 g/mol. The number of carboxylic acids is 2. The van der Waals surface area contributed by atoms with Crippen LogP contribution in [-0.4, -0.2) is 34.4 Å². The van der Waals surface area contributed by atoms with Crippen LogP contribution in [-0.2, 0) is 12.8 Å². The van der Waals surface area contributed by atoms with Crippen LogP contribution in [0.1, 0.15) is 31.8 Å². The zero-order chi connectivity index (χ0) is 25.4. The van der Waals surface area contributed by atoms with Gasteiger partial charge in [-0.05, 0) is 59.7 Å². The van der Waals surface area contributed by atoms with Gasteiger partial charge in [0.25, 0.3) is 0 Å². The van der Waals surface area contributed by atoms with E-state index in [2.05, 4.69) is 0 Å². The van der Waals surface area contributed by atoms with Gasteiger partial charge in [-0.1, -0.05) is 60.7 Å². The molecule has 0 aliphatic rings. The molecule has 4 rings (SSSR count). The van der Waals surface area contributed by atoms with Crippen LogP contribution >= 0.6 is 0 Å². The standard InChI is InChI=1S/C30H26O6/c31-28(32)24-11-15-26(16-12-24)35-21-30(19-22-7-3-1-4-8-22,20-23-9-5-2-6-10-23)36-27-17-13-25(14-18-27)29(33)34/h1-18H,19-21H2,(H,31,32)(H,33,34). The Hall–Kier alpha value is -4.58. The fourth-order valence-electron chi connectivity index (χ4n) is 4.03. The predicted molar refractivity (Wildman–Crippen MR) is 136 cm³/mol. The third-order valence-electron chi connectivity index (χ3n) is 5.78. The fourth-order valence-corrected chi connectivity index (χ4v) is 4.03. The van der Waals surface area contributed by atoms with Crippen LogP contribution < -0.4 is 9.47 Å². The largest absolute Gasteiger partial charge is 0.489 e. The van der Waals surface area contributed by atoms with E-state index in [0.29, 0.717) is 24.3 Å². The molecule has 0 amide bonds. The van der Waals surface area contributed by atoms with Crippen molar-refractivity contribution in [3.05, 3.63) is 131 Å². The highest BCUT2D eigenvalue weighted by Crippen LogP contribution is 2.29. The Labute approximate surface area is 209 Å². The lowest BCUT2D eigenvalue weighted by Gasteiger charge is -2.35. The lowest BCUT2D eigenvalue weighted by atomic mass is 9.88. The van der Waals surface area contributed by atoms with Crippen molar-refractivity contribution in [2.75, 3.05) is 6.61 Å². The van der Waals surface area contributed by atoms with Crippen molar-refractivity contribution in [2.45, 2.75) is 18.4 Å². The van der Waals surface area contributed by atoms with Gasteiger partial charge >= 0.3 is 11.9 Å². The fraction of sp³-hybridized carbons (Fsp3) is 0.133. The Kier molecular flexibility index (Phi) is 7.66. The molecule has 6 heteroatoms. The first-order valence-corrected chi connectivity index (χ1v) is 11.5. The zero-order valence-corrected chi connectivity index (χ0v) is 19.5. The van der Waals surface area contributed by atoms with E-state index in [1.807, 2.05) is 60.7 Å².